The standard InChI is InChI=1S/C48H92N4O6/c1-5-8-11-14-17-26-33-43-57-47(53)37-29-22-18-24-31-40-51(42-34-39-50-44-46(49-4)52(55)56)41-32-25-19-23-30-38-48(54)58-45(35-27-20-15-12-9-6-2)36-28-21-16-13-10-7-3/h26,33,44-45,49-50H,5-25,27-32,34-43H2,1-4H3/b33-26-,46-44?. The van der Waals surface area contributed by atoms with Crippen LogP contribution in [0.15, 0.2) is 24.2 Å². The number of carbonyl (C=O) groups excluding carboxylic acids is 2. The van der Waals surface area contributed by atoms with E-state index < -0.39 is 4.92 Å². The molecule has 0 bridgehead atoms. The van der Waals surface area contributed by atoms with Gasteiger partial charge in [-0.2, -0.15) is 0 Å². The zero-order chi connectivity index (χ0) is 42.6. The number of allylic oxidation sites excluding steroid dienone is 1. The Labute approximate surface area is 357 Å². The summed E-state index contributed by atoms with van der Waals surface area (Å²) in [5, 5.41) is 16.7. The Bertz CT molecular complexity index is 991. The Hall–Kier alpha value is -2.62. The summed E-state index contributed by atoms with van der Waals surface area (Å²) in [7, 11) is 1.55. The summed E-state index contributed by atoms with van der Waals surface area (Å²) in [6, 6.07) is 0. The molecule has 0 spiro atoms. The minimum Gasteiger partial charge on any atom is -0.462 e. The molecule has 0 rings (SSSR count). The van der Waals surface area contributed by atoms with Crippen molar-refractivity contribution in [2.75, 3.05) is 39.8 Å². The van der Waals surface area contributed by atoms with Crippen molar-refractivity contribution >= 4 is 11.9 Å². The van der Waals surface area contributed by atoms with Crippen LogP contribution < -0.4 is 10.6 Å². The van der Waals surface area contributed by atoms with Crippen LogP contribution in [0.4, 0.5) is 0 Å². The molecular weight excluding hydrogens is 729 g/mol. The molecule has 0 saturated carbocycles. The third-order valence-electron chi connectivity index (χ3n) is 11.0. The summed E-state index contributed by atoms with van der Waals surface area (Å²) < 4.78 is 11.4. The van der Waals surface area contributed by atoms with Crippen LogP contribution in [0.1, 0.15) is 226 Å². The highest BCUT2D eigenvalue weighted by Crippen LogP contribution is 2.18. The number of unbranched alkanes of at least 4 members (excludes halogenated alkanes) is 22. The molecular formula is C48H92N4O6. The van der Waals surface area contributed by atoms with Crippen molar-refractivity contribution in [3.8, 4) is 0 Å². The maximum atomic E-state index is 12.8. The van der Waals surface area contributed by atoms with Crippen molar-refractivity contribution in [1.29, 1.82) is 0 Å². The fraction of sp³-hybridized carbons (Fsp3) is 0.875. The molecule has 10 nitrogen and oxygen atoms in total. The Morgan fingerprint density at radius 2 is 1.07 bits per heavy atom. The first-order valence-electron chi connectivity index (χ1n) is 24.4. The summed E-state index contributed by atoms with van der Waals surface area (Å²) in [6.07, 6.45) is 41.4. The van der Waals surface area contributed by atoms with Crippen LogP contribution >= 0.6 is 0 Å². The first kappa shape index (κ1) is 55.4. The van der Waals surface area contributed by atoms with E-state index in [0.29, 0.717) is 26.0 Å². The fourth-order valence-electron chi connectivity index (χ4n) is 7.30. The van der Waals surface area contributed by atoms with Gasteiger partial charge in [0.2, 0.25) is 0 Å². The van der Waals surface area contributed by atoms with E-state index in [4.69, 9.17) is 9.47 Å². The van der Waals surface area contributed by atoms with Crippen LogP contribution in [0.25, 0.3) is 0 Å². The highest BCUT2D eigenvalue weighted by molar-refractivity contribution is 5.69. The molecule has 0 heterocycles. The first-order chi connectivity index (χ1) is 28.4. The molecule has 0 fully saturated rings. The van der Waals surface area contributed by atoms with E-state index in [1.807, 2.05) is 6.08 Å². The number of nitrogens with one attached hydrogen (secondary N) is 2. The maximum absolute atomic E-state index is 12.8. The van der Waals surface area contributed by atoms with Gasteiger partial charge in [0.15, 0.2) is 0 Å². The van der Waals surface area contributed by atoms with E-state index in [0.717, 1.165) is 122 Å². The lowest BCUT2D eigenvalue weighted by atomic mass is 10.0. The molecule has 0 aliphatic heterocycles. The number of ether oxygens (including phenoxy) is 2. The molecule has 58 heavy (non-hydrogen) atoms. The van der Waals surface area contributed by atoms with Gasteiger partial charge in [-0.1, -0.05) is 155 Å². The summed E-state index contributed by atoms with van der Waals surface area (Å²) in [4.78, 5) is 38.0. The first-order valence-corrected chi connectivity index (χ1v) is 24.4. The van der Waals surface area contributed by atoms with Crippen LogP contribution in [0.3, 0.4) is 0 Å². The zero-order valence-corrected chi connectivity index (χ0v) is 38.3. The summed E-state index contributed by atoms with van der Waals surface area (Å²) in [5.41, 5.74) is 0. The van der Waals surface area contributed by atoms with Gasteiger partial charge in [-0.3, -0.25) is 14.9 Å². The second kappa shape index (κ2) is 43.9. The molecule has 10 heteroatoms. The maximum Gasteiger partial charge on any atom is 0.331 e. The molecule has 340 valence electrons. The van der Waals surface area contributed by atoms with Gasteiger partial charge >= 0.3 is 17.8 Å². The lowest BCUT2D eigenvalue weighted by Crippen LogP contribution is -2.29. The van der Waals surface area contributed by atoms with Crippen molar-refractivity contribution in [3.63, 3.8) is 0 Å². The Balaban J connectivity index is 4.50. The summed E-state index contributed by atoms with van der Waals surface area (Å²) in [6.45, 7) is 10.8. The molecule has 0 unspecified atom stereocenters. The van der Waals surface area contributed by atoms with Crippen molar-refractivity contribution in [1.82, 2.24) is 15.5 Å². The van der Waals surface area contributed by atoms with Gasteiger partial charge < -0.3 is 29.8 Å². The number of rotatable bonds is 45. The van der Waals surface area contributed by atoms with Crippen LogP contribution in [-0.2, 0) is 19.1 Å². The van der Waals surface area contributed by atoms with Crippen LogP contribution in [0.2, 0.25) is 0 Å². The second-order valence-corrected chi connectivity index (χ2v) is 16.5. The smallest absolute Gasteiger partial charge is 0.331 e. The van der Waals surface area contributed by atoms with Crippen LogP contribution in [-0.4, -0.2) is 67.7 Å². The SMILES string of the molecule is CCCCCC/C=C\COC(=O)CCCCCCCN(CCCCCCCC(=O)OC(CCCCCCCC)CCCCCCCC)CCCNC=C(NC)[N+](=O)[O-]. The van der Waals surface area contributed by atoms with Gasteiger partial charge in [0.25, 0.3) is 0 Å². The quantitative estimate of drug-likeness (QED) is 0.0203. The van der Waals surface area contributed by atoms with Gasteiger partial charge in [-0.15, -0.1) is 0 Å². The Morgan fingerprint density at radius 3 is 1.60 bits per heavy atom. The van der Waals surface area contributed by atoms with Gasteiger partial charge in [0, 0.05) is 19.4 Å². The van der Waals surface area contributed by atoms with Crippen molar-refractivity contribution in [3.05, 3.63) is 34.3 Å². The topological polar surface area (TPSA) is 123 Å². The lowest BCUT2D eigenvalue weighted by Gasteiger charge is -2.22. The number of nitrogens with zero attached hydrogens (tertiary/aromatic N) is 2. The average molecular weight is 821 g/mol. The normalized spacial score (nSPS) is 11.9. The minimum absolute atomic E-state index is 0.00666. The van der Waals surface area contributed by atoms with Crippen LogP contribution in [0.5, 0.6) is 0 Å². The van der Waals surface area contributed by atoms with E-state index >= 15 is 0 Å². The van der Waals surface area contributed by atoms with Gasteiger partial charge in [0.1, 0.15) is 12.7 Å². The van der Waals surface area contributed by atoms with Crippen molar-refractivity contribution < 1.29 is 24.0 Å². The third kappa shape index (κ3) is 38.9. The van der Waals surface area contributed by atoms with Crippen molar-refractivity contribution in [2.24, 2.45) is 0 Å². The number of esters is 2. The highest BCUT2D eigenvalue weighted by atomic mass is 16.6. The highest BCUT2D eigenvalue weighted by Gasteiger charge is 2.14. The van der Waals surface area contributed by atoms with Gasteiger partial charge in [-0.05, 0) is 95.2 Å². The number of nitro groups is 1. The minimum atomic E-state index is -0.426. The van der Waals surface area contributed by atoms with Crippen molar-refractivity contribution in [2.45, 2.75) is 232 Å². The van der Waals surface area contributed by atoms with Crippen LogP contribution in [0, 0.1) is 10.1 Å². The predicted molar refractivity (Wildman–Crippen MR) is 243 cm³/mol. The number of hydrogen-bond acceptors (Lipinski definition) is 9. The Morgan fingerprint density at radius 1 is 0.603 bits per heavy atom. The average Bonchev–Trinajstić information content (AvgIpc) is 3.21. The van der Waals surface area contributed by atoms with Gasteiger partial charge in [0.05, 0.1) is 13.2 Å². The van der Waals surface area contributed by atoms with E-state index in [2.05, 4.69) is 42.4 Å². The summed E-state index contributed by atoms with van der Waals surface area (Å²) >= 11 is 0. The molecule has 0 radical (unpaired) electrons. The fourth-order valence-corrected chi connectivity index (χ4v) is 7.30. The predicted octanol–water partition coefficient (Wildman–Crippen LogP) is 12.7. The van der Waals surface area contributed by atoms with E-state index in [9.17, 15) is 19.7 Å². The van der Waals surface area contributed by atoms with E-state index in [-0.39, 0.29) is 23.9 Å². The molecule has 0 aromatic rings. The third-order valence-corrected chi connectivity index (χ3v) is 11.0. The zero-order valence-electron chi connectivity index (χ0n) is 38.3. The number of carbonyl (C=O) groups is 2. The molecule has 0 amide bonds. The lowest BCUT2D eigenvalue weighted by molar-refractivity contribution is -0.431. The molecule has 0 saturated heterocycles. The largest absolute Gasteiger partial charge is 0.462 e. The summed E-state index contributed by atoms with van der Waals surface area (Å²) in [5.74, 6) is -0.145. The number of hydrogen-bond donors (Lipinski definition) is 2. The second-order valence-electron chi connectivity index (χ2n) is 16.5. The monoisotopic (exact) mass is 821 g/mol. The Kier molecular flexibility index (Phi) is 42.0. The molecule has 0 atom stereocenters. The molecule has 0 aliphatic carbocycles. The molecule has 2 N–H and O–H groups in total. The van der Waals surface area contributed by atoms with Gasteiger partial charge in [-0.25, -0.2) is 0 Å². The molecule has 0 aromatic heterocycles. The van der Waals surface area contributed by atoms with E-state index in [1.54, 1.807) is 7.05 Å². The molecule has 0 aliphatic rings. The van der Waals surface area contributed by atoms with E-state index in [1.165, 1.54) is 96.1 Å². The molecule has 0 aromatic carbocycles.